The minimum Gasteiger partial charge on any atom is -0.444 e. The van der Waals surface area contributed by atoms with Crippen molar-refractivity contribution in [3.8, 4) is 0 Å². The van der Waals surface area contributed by atoms with Gasteiger partial charge in [-0.15, -0.1) is 0 Å². The van der Waals surface area contributed by atoms with Gasteiger partial charge in [0, 0.05) is 54.0 Å². The maximum Gasteiger partial charge on any atom is 0.410 e. The summed E-state index contributed by atoms with van der Waals surface area (Å²) in [5.74, 6) is 0.0711. The molecule has 0 bridgehead atoms. The number of piperazine rings is 1. The van der Waals surface area contributed by atoms with Crippen LogP contribution in [0.15, 0.2) is 42.7 Å². The third kappa shape index (κ3) is 4.80. The highest BCUT2D eigenvalue weighted by Gasteiger charge is 2.59. The number of fused-ring (bicyclic) bond motifs is 3. The van der Waals surface area contributed by atoms with Gasteiger partial charge in [0.05, 0.1) is 23.8 Å². The standard InChI is InChI=1S/C30H34ClN5O4/c1-29(2,3)40-28(39)34-14-13-33(26(37)19-34)11-4-12-35-22(16-20-15-21(31)5-6-24(20)35)18-36-25-17-32-10-7-23(25)30(8-9-30)27(36)38/h5-7,10,15-17H,4,8-9,11-14,18-19H2,1-3H3. The number of nitrogens with zero attached hydrogens (tertiary/aromatic N) is 5. The number of hydrogen-bond donors (Lipinski definition) is 0. The van der Waals surface area contributed by atoms with Crippen molar-refractivity contribution in [3.05, 3.63) is 59.0 Å². The molecule has 0 unspecified atom stereocenters. The van der Waals surface area contributed by atoms with Gasteiger partial charge in [0.1, 0.15) is 12.1 Å². The average Bonchev–Trinajstić information content (AvgIpc) is 3.59. The summed E-state index contributed by atoms with van der Waals surface area (Å²) in [6.45, 7) is 8.08. The van der Waals surface area contributed by atoms with E-state index >= 15 is 0 Å². The first-order valence-corrected chi connectivity index (χ1v) is 14.2. The molecular weight excluding hydrogens is 530 g/mol. The van der Waals surface area contributed by atoms with Gasteiger partial charge in [0.15, 0.2) is 0 Å². The van der Waals surface area contributed by atoms with Gasteiger partial charge in [-0.1, -0.05) is 11.6 Å². The number of benzene rings is 1. The highest BCUT2D eigenvalue weighted by molar-refractivity contribution is 6.31. The summed E-state index contributed by atoms with van der Waals surface area (Å²) in [4.78, 5) is 48.2. The van der Waals surface area contributed by atoms with Gasteiger partial charge < -0.3 is 19.1 Å². The van der Waals surface area contributed by atoms with Crippen molar-refractivity contribution in [1.82, 2.24) is 19.4 Å². The van der Waals surface area contributed by atoms with Gasteiger partial charge in [-0.05, 0) is 75.9 Å². The SMILES string of the molecule is CC(C)(C)OC(=O)N1CCN(CCCn2c(CN3C(=O)C4(CC4)c4ccncc43)cc3cc(Cl)ccc32)C(=O)C1. The third-order valence-corrected chi connectivity index (χ3v) is 8.30. The molecule has 4 heterocycles. The van der Waals surface area contributed by atoms with Crippen LogP contribution in [0, 0.1) is 0 Å². The summed E-state index contributed by atoms with van der Waals surface area (Å²) in [5.41, 5.74) is 3.06. The molecule has 3 aromatic rings. The second-order valence-corrected chi connectivity index (χ2v) is 12.4. The van der Waals surface area contributed by atoms with Crippen LogP contribution < -0.4 is 4.90 Å². The highest BCUT2D eigenvalue weighted by atomic mass is 35.5. The summed E-state index contributed by atoms with van der Waals surface area (Å²) in [5, 5.41) is 1.68. The highest BCUT2D eigenvalue weighted by Crippen LogP contribution is 2.57. The first-order chi connectivity index (χ1) is 19.1. The van der Waals surface area contributed by atoms with Crippen LogP contribution in [0.3, 0.4) is 0 Å². The van der Waals surface area contributed by atoms with E-state index < -0.39 is 11.7 Å². The lowest BCUT2D eigenvalue weighted by Gasteiger charge is -2.35. The van der Waals surface area contributed by atoms with Crippen LogP contribution in [0.5, 0.6) is 0 Å². The summed E-state index contributed by atoms with van der Waals surface area (Å²) in [6.07, 6.45) is 5.60. The number of halogens is 1. The molecule has 10 heteroatoms. The number of aromatic nitrogens is 2. The van der Waals surface area contributed by atoms with E-state index in [4.69, 9.17) is 16.3 Å². The quantitative estimate of drug-likeness (QED) is 0.432. The minimum atomic E-state index is -0.601. The third-order valence-electron chi connectivity index (χ3n) is 8.06. The van der Waals surface area contributed by atoms with E-state index in [1.54, 1.807) is 12.4 Å². The molecule has 1 spiro atoms. The van der Waals surface area contributed by atoms with Crippen molar-refractivity contribution in [3.63, 3.8) is 0 Å². The molecule has 0 N–H and O–H groups in total. The van der Waals surface area contributed by atoms with E-state index in [0.717, 1.165) is 47.1 Å². The molecule has 0 atom stereocenters. The Hall–Kier alpha value is -3.59. The number of hydrogen-bond acceptors (Lipinski definition) is 5. The van der Waals surface area contributed by atoms with E-state index in [0.29, 0.717) is 37.7 Å². The molecule has 210 valence electrons. The van der Waals surface area contributed by atoms with Gasteiger partial charge in [-0.3, -0.25) is 19.5 Å². The number of carbonyl (C=O) groups is 3. The first kappa shape index (κ1) is 26.6. The van der Waals surface area contributed by atoms with E-state index in [9.17, 15) is 14.4 Å². The molecule has 1 aliphatic carbocycles. The number of aryl methyl sites for hydroxylation is 1. The van der Waals surface area contributed by atoms with Crippen LogP contribution in [0.1, 0.15) is 51.3 Å². The molecule has 3 aliphatic rings. The van der Waals surface area contributed by atoms with Gasteiger partial charge in [-0.2, -0.15) is 0 Å². The Labute approximate surface area is 238 Å². The number of rotatable bonds is 6. The predicted molar refractivity (Wildman–Crippen MR) is 152 cm³/mol. The summed E-state index contributed by atoms with van der Waals surface area (Å²) in [6, 6.07) is 9.92. The lowest BCUT2D eigenvalue weighted by atomic mass is 9.99. The lowest BCUT2D eigenvalue weighted by molar-refractivity contribution is -0.136. The van der Waals surface area contributed by atoms with Crippen LogP contribution in [-0.2, 0) is 32.8 Å². The Morgan fingerprint density at radius 2 is 1.90 bits per heavy atom. The lowest BCUT2D eigenvalue weighted by Crippen LogP contribution is -2.53. The predicted octanol–water partition coefficient (Wildman–Crippen LogP) is 4.74. The van der Waals surface area contributed by atoms with E-state index in [1.165, 1.54) is 4.90 Å². The fourth-order valence-electron chi connectivity index (χ4n) is 5.96. The second kappa shape index (κ2) is 9.80. The molecule has 3 amide bonds. The van der Waals surface area contributed by atoms with E-state index in [1.807, 2.05) is 54.8 Å². The van der Waals surface area contributed by atoms with Gasteiger partial charge >= 0.3 is 6.09 Å². The van der Waals surface area contributed by atoms with Crippen molar-refractivity contribution in [2.75, 3.05) is 31.1 Å². The maximum absolute atomic E-state index is 13.5. The Morgan fingerprint density at radius 3 is 2.62 bits per heavy atom. The van der Waals surface area contributed by atoms with Crippen molar-refractivity contribution in [2.45, 2.75) is 64.1 Å². The Morgan fingerprint density at radius 1 is 1.10 bits per heavy atom. The van der Waals surface area contributed by atoms with Crippen LogP contribution in [0.25, 0.3) is 10.9 Å². The van der Waals surface area contributed by atoms with Gasteiger partial charge in [-0.25, -0.2) is 4.79 Å². The molecule has 40 heavy (non-hydrogen) atoms. The normalized spacial score (nSPS) is 18.1. The zero-order valence-corrected chi connectivity index (χ0v) is 23.9. The molecule has 2 aromatic heterocycles. The van der Waals surface area contributed by atoms with Gasteiger partial charge in [0.25, 0.3) is 0 Å². The molecule has 1 aromatic carbocycles. The Kier molecular flexibility index (Phi) is 6.52. The van der Waals surface area contributed by atoms with Crippen molar-refractivity contribution in [1.29, 1.82) is 0 Å². The smallest absolute Gasteiger partial charge is 0.410 e. The molecule has 6 rings (SSSR count). The molecule has 1 saturated carbocycles. The zero-order valence-electron chi connectivity index (χ0n) is 23.2. The number of ether oxygens (including phenoxy) is 1. The van der Waals surface area contributed by atoms with Crippen molar-refractivity contribution < 1.29 is 19.1 Å². The molecule has 9 nitrogen and oxygen atoms in total. The molecule has 1 saturated heterocycles. The van der Waals surface area contributed by atoms with Crippen LogP contribution >= 0.6 is 11.6 Å². The number of amides is 3. The molecule has 0 radical (unpaired) electrons. The maximum atomic E-state index is 13.5. The van der Waals surface area contributed by atoms with Crippen LogP contribution in [0.2, 0.25) is 5.02 Å². The van der Waals surface area contributed by atoms with Crippen LogP contribution in [0.4, 0.5) is 10.5 Å². The zero-order chi connectivity index (χ0) is 28.2. The molecular formula is C30H34ClN5O4. The number of pyridine rings is 1. The topological polar surface area (TPSA) is 88.0 Å². The van der Waals surface area contributed by atoms with Gasteiger partial charge in [0.2, 0.25) is 11.8 Å². The Balaban J connectivity index is 1.17. The molecule has 2 aliphatic heterocycles. The summed E-state index contributed by atoms with van der Waals surface area (Å²) < 4.78 is 7.66. The Bertz CT molecular complexity index is 1510. The number of anilines is 1. The van der Waals surface area contributed by atoms with E-state index in [-0.39, 0.29) is 23.8 Å². The monoisotopic (exact) mass is 563 g/mol. The fourth-order valence-corrected chi connectivity index (χ4v) is 6.14. The van der Waals surface area contributed by atoms with Crippen LogP contribution in [-0.4, -0.2) is 69.0 Å². The minimum absolute atomic E-state index is 0.0252. The van der Waals surface area contributed by atoms with E-state index in [2.05, 4.69) is 15.6 Å². The molecule has 2 fully saturated rings. The largest absolute Gasteiger partial charge is 0.444 e. The van der Waals surface area contributed by atoms with Crippen molar-refractivity contribution in [2.24, 2.45) is 0 Å². The summed E-state index contributed by atoms with van der Waals surface area (Å²) >= 11 is 6.31. The number of carbonyl (C=O) groups excluding carboxylic acids is 3. The fraction of sp³-hybridized carbons (Fsp3) is 0.467. The second-order valence-electron chi connectivity index (χ2n) is 12.0. The van der Waals surface area contributed by atoms with Crippen molar-refractivity contribution >= 4 is 46.1 Å². The average molecular weight is 564 g/mol. The summed E-state index contributed by atoms with van der Waals surface area (Å²) in [7, 11) is 0. The first-order valence-electron chi connectivity index (χ1n) is 13.9.